The molecule has 27 heavy (non-hydrogen) atoms. The summed E-state index contributed by atoms with van der Waals surface area (Å²) in [6.07, 6.45) is 7.60. The van der Waals surface area contributed by atoms with E-state index in [1.807, 2.05) is 0 Å². The molecule has 1 aliphatic rings. The smallest absolute Gasteiger partial charge is 0.131 e. The normalized spacial score (nSPS) is 14.1. The zero-order valence-electron chi connectivity index (χ0n) is 17.2. The number of hydrogen-bond acceptors (Lipinski definition) is 0. The predicted octanol–water partition coefficient (Wildman–Crippen LogP) is 7.59. The molecule has 0 atom stereocenters. The molecule has 0 fully saturated rings. The molecule has 0 bridgehead atoms. The Bertz CT molecular complexity index is 878. The lowest BCUT2D eigenvalue weighted by Crippen LogP contribution is -2.14. The van der Waals surface area contributed by atoms with E-state index in [0.29, 0.717) is 0 Å². The summed E-state index contributed by atoms with van der Waals surface area (Å²) in [7, 11) is 0. The largest absolute Gasteiger partial charge is 0.239 e. The molecule has 142 valence electrons. The van der Waals surface area contributed by atoms with Crippen LogP contribution >= 0.6 is 0 Å². The Balaban J connectivity index is 2.04. The Morgan fingerprint density at radius 3 is 2.56 bits per heavy atom. The summed E-state index contributed by atoms with van der Waals surface area (Å²) in [6.45, 7) is 12.0. The molecule has 0 heterocycles. The topological polar surface area (TPSA) is 0 Å². The Morgan fingerprint density at radius 2 is 1.85 bits per heavy atom. The molecule has 0 saturated heterocycles. The van der Waals surface area contributed by atoms with Gasteiger partial charge in [0.25, 0.3) is 0 Å². The monoisotopic (exact) mass is 362 g/mol. The summed E-state index contributed by atoms with van der Waals surface area (Å²) in [5.41, 5.74) is 7.54. The van der Waals surface area contributed by atoms with Gasteiger partial charge < -0.3 is 0 Å². The second-order valence-corrected chi connectivity index (χ2v) is 8.35. The summed E-state index contributed by atoms with van der Waals surface area (Å²) in [5.74, 6) is 0. The van der Waals surface area contributed by atoms with Gasteiger partial charge in [0.1, 0.15) is 5.67 Å². The Morgan fingerprint density at radius 1 is 1.07 bits per heavy atom. The third-order valence-corrected chi connectivity index (χ3v) is 5.47. The number of alkyl halides is 1. The maximum Gasteiger partial charge on any atom is 0.131 e. The third kappa shape index (κ3) is 4.40. The molecule has 2 aromatic rings. The first kappa shape index (κ1) is 19.6. The van der Waals surface area contributed by atoms with Crippen molar-refractivity contribution in [2.75, 3.05) is 0 Å². The lowest BCUT2D eigenvalue weighted by molar-refractivity contribution is 0.221. The van der Waals surface area contributed by atoms with Crippen LogP contribution in [0.15, 0.2) is 48.6 Å². The fourth-order valence-corrected chi connectivity index (χ4v) is 3.93. The van der Waals surface area contributed by atoms with Gasteiger partial charge in [-0.15, -0.1) is 0 Å². The molecule has 1 heteroatoms. The summed E-state index contributed by atoms with van der Waals surface area (Å²) < 4.78 is 15.1. The highest BCUT2D eigenvalue weighted by molar-refractivity contribution is 5.95. The number of fused-ring (bicyclic) bond motifs is 1. The van der Waals surface area contributed by atoms with Crippen molar-refractivity contribution in [1.82, 2.24) is 0 Å². The minimum atomic E-state index is -1.38. The van der Waals surface area contributed by atoms with Gasteiger partial charge >= 0.3 is 0 Å². The number of halogens is 1. The van der Waals surface area contributed by atoms with Gasteiger partial charge in [-0.2, -0.15) is 0 Å². The Hall–Kier alpha value is -2.15. The second kappa shape index (κ2) is 7.84. The number of allylic oxidation sites excluding steroid dienone is 2. The van der Waals surface area contributed by atoms with Crippen LogP contribution < -0.4 is 0 Å². The van der Waals surface area contributed by atoms with Crippen LogP contribution in [0.25, 0.3) is 11.6 Å². The Kier molecular flexibility index (Phi) is 5.69. The van der Waals surface area contributed by atoms with Crippen molar-refractivity contribution in [3.63, 3.8) is 0 Å². The first-order valence-electron chi connectivity index (χ1n) is 10.1. The lowest BCUT2D eigenvalue weighted by Gasteiger charge is -2.26. The molecule has 3 rings (SSSR count). The highest BCUT2D eigenvalue weighted by Crippen LogP contribution is 2.39. The summed E-state index contributed by atoms with van der Waals surface area (Å²) >= 11 is 0. The van der Waals surface area contributed by atoms with Gasteiger partial charge in [0, 0.05) is 0 Å². The van der Waals surface area contributed by atoms with E-state index >= 15 is 4.39 Å². The third-order valence-electron chi connectivity index (χ3n) is 5.47. The van der Waals surface area contributed by atoms with Crippen LogP contribution in [0, 0.1) is 6.92 Å². The van der Waals surface area contributed by atoms with Crippen LogP contribution in [0.1, 0.15) is 73.4 Å². The number of aryl methyl sites for hydroxylation is 2. The van der Waals surface area contributed by atoms with Gasteiger partial charge in [-0.25, -0.2) is 4.39 Å². The van der Waals surface area contributed by atoms with Crippen molar-refractivity contribution in [1.29, 1.82) is 0 Å². The maximum absolute atomic E-state index is 15.1. The molecule has 0 saturated carbocycles. The maximum atomic E-state index is 15.1. The first-order valence-corrected chi connectivity index (χ1v) is 10.1. The highest BCUT2D eigenvalue weighted by atomic mass is 19.1. The highest BCUT2D eigenvalue weighted by Gasteiger charge is 2.26. The minimum Gasteiger partial charge on any atom is -0.239 e. The summed E-state index contributed by atoms with van der Waals surface area (Å²) in [5, 5.41) is 0. The van der Waals surface area contributed by atoms with Crippen molar-refractivity contribution in [2.24, 2.45) is 0 Å². The molecule has 0 nitrogen and oxygen atoms in total. The second-order valence-electron chi connectivity index (χ2n) is 8.35. The van der Waals surface area contributed by atoms with E-state index in [4.69, 9.17) is 0 Å². The van der Waals surface area contributed by atoms with E-state index in [1.54, 1.807) is 13.8 Å². The van der Waals surface area contributed by atoms with Crippen molar-refractivity contribution in [3.8, 4) is 0 Å². The molecule has 0 spiro atoms. The van der Waals surface area contributed by atoms with Crippen molar-refractivity contribution in [2.45, 2.75) is 65.5 Å². The van der Waals surface area contributed by atoms with E-state index in [0.717, 1.165) is 41.5 Å². The van der Waals surface area contributed by atoms with E-state index in [-0.39, 0.29) is 0 Å². The minimum absolute atomic E-state index is 0.777. The Labute approximate surface area is 163 Å². The average molecular weight is 363 g/mol. The van der Waals surface area contributed by atoms with E-state index in [1.165, 1.54) is 35.1 Å². The van der Waals surface area contributed by atoms with Gasteiger partial charge in [-0.3, -0.25) is 0 Å². The molecule has 0 aliphatic heterocycles. The van der Waals surface area contributed by atoms with Crippen LogP contribution in [0.5, 0.6) is 0 Å². The van der Waals surface area contributed by atoms with Crippen molar-refractivity contribution in [3.05, 3.63) is 81.9 Å². The zero-order valence-corrected chi connectivity index (χ0v) is 17.2. The summed E-state index contributed by atoms with van der Waals surface area (Å²) in [4.78, 5) is 0. The standard InChI is InChI=1S/C26H31F/c1-6-7-8-9-20-11-13-23(25(16-20)26(4,5)27)24-17-21-12-10-18(2)14-22(21)15-19(24)3/h10-14,16-17H,3,6-9,15H2,1-2,4-5H3. The van der Waals surface area contributed by atoms with Crippen LogP contribution in [-0.4, -0.2) is 0 Å². The molecule has 0 N–H and O–H groups in total. The molecule has 1 aliphatic carbocycles. The van der Waals surface area contributed by atoms with Crippen LogP contribution in [0.4, 0.5) is 4.39 Å². The molecular formula is C26H31F. The predicted molar refractivity (Wildman–Crippen MR) is 116 cm³/mol. The van der Waals surface area contributed by atoms with E-state index < -0.39 is 5.67 Å². The zero-order chi connectivity index (χ0) is 19.6. The van der Waals surface area contributed by atoms with Gasteiger partial charge in [0.05, 0.1) is 0 Å². The van der Waals surface area contributed by atoms with Gasteiger partial charge in [-0.05, 0) is 85.1 Å². The fourth-order valence-electron chi connectivity index (χ4n) is 3.93. The average Bonchev–Trinajstić information content (AvgIpc) is 2.60. The quantitative estimate of drug-likeness (QED) is 0.464. The fraction of sp³-hybridized carbons (Fsp3) is 0.385. The molecule has 2 aromatic carbocycles. The van der Waals surface area contributed by atoms with Gasteiger partial charge in [0.2, 0.25) is 0 Å². The van der Waals surface area contributed by atoms with Crippen molar-refractivity contribution >= 4 is 11.6 Å². The first-order chi connectivity index (χ1) is 12.8. The van der Waals surface area contributed by atoms with Crippen molar-refractivity contribution < 1.29 is 4.39 Å². The number of unbranched alkanes of at least 4 members (excludes halogenated alkanes) is 2. The molecule has 0 amide bonds. The lowest BCUT2D eigenvalue weighted by atomic mass is 9.80. The van der Waals surface area contributed by atoms with Crippen LogP contribution in [0.2, 0.25) is 0 Å². The van der Waals surface area contributed by atoms with Crippen LogP contribution in [-0.2, 0) is 18.5 Å². The molecule has 0 radical (unpaired) electrons. The molecule has 0 unspecified atom stereocenters. The summed E-state index contributed by atoms with van der Waals surface area (Å²) in [6, 6.07) is 12.9. The number of hydrogen-bond donors (Lipinski definition) is 0. The van der Waals surface area contributed by atoms with Crippen LogP contribution in [0.3, 0.4) is 0 Å². The SMILES string of the molecule is C=C1Cc2cc(C)ccc2C=C1c1ccc(CCCCC)cc1C(C)(C)F. The van der Waals surface area contributed by atoms with E-state index in [2.05, 4.69) is 62.9 Å². The number of rotatable bonds is 6. The van der Waals surface area contributed by atoms with E-state index in [9.17, 15) is 0 Å². The van der Waals surface area contributed by atoms with Gasteiger partial charge in [0.15, 0.2) is 0 Å². The number of benzene rings is 2. The molecule has 0 aromatic heterocycles. The van der Waals surface area contributed by atoms with Gasteiger partial charge in [-0.1, -0.05) is 68.3 Å². The molecular weight excluding hydrogens is 331 g/mol.